The lowest BCUT2D eigenvalue weighted by Gasteiger charge is -2.15. The molecule has 0 aliphatic rings. The van der Waals surface area contributed by atoms with E-state index >= 15 is 0 Å². The molecule has 0 aliphatic carbocycles. The van der Waals surface area contributed by atoms with Crippen LogP contribution in [0.3, 0.4) is 0 Å². The van der Waals surface area contributed by atoms with Crippen molar-refractivity contribution < 1.29 is 26.4 Å². The third kappa shape index (κ3) is 6.52. The Labute approximate surface area is 189 Å². The summed E-state index contributed by atoms with van der Waals surface area (Å²) in [7, 11) is -4.40. The van der Waals surface area contributed by atoms with Crippen molar-refractivity contribution in [2.45, 2.75) is 43.0 Å². The molecule has 0 saturated carbocycles. The molecule has 1 amide bonds. The molecule has 1 unspecified atom stereocenters. The molecule has 0 aliphatic heterocycles. The fraction of sp³-hybridized carbons (Fsp3) is 0.381. The normalized spacial score (nSPS) is 13.1. The number of carbonyl (C=O) groups is 1. The number of nitrogens with zero attached hydrogens (tertiary/aromatic N) is 1. The lowest BCUT2D eigenvalue weighted by atomic mass is 10.2. The monoisotopic (exact) mass is 483 g/mol. The van der Waals surface area contributed by atoms with E-state index < -0.39 is 26.0 Å². The molecule has 0 radical (unpaired) electrons. The number of ether oxygens (including phenoxy) is 1. The molecule has 0 aromatic heterocycles. The summed E-state index contributed by atoms with van der Waals surface area (Å²) >= 11 is 0. The molecular formula is C21H29N3O6S2. The van der Waals surface area contributed by atoms with Gasteiger partial charge in [-0.3, -0.25) is 4.79 Å². The first kappa shape index (κ1) is 25.8. The van der Waals surface area contributed by atoms with E-state index in [4.69, 9.17) is 4.74 Å². The van der Waals surface area contributed by atoms with Gasteiger partial charge in [0.2, 0.25) is 20.0 Å². The van der Waals surface area contributed by atoms with Crippen molar-refractivity contribution in [3.05, 3.63) is 48.0 Å². The number of hydrogen-bond acceptors (Lipinski definition) is 6. The van der Waals surface area contributed by atoms with E-state index in [1.165, 1.54) is 50.5 Å². The number of sulfonamides is 2. The fourth-order valence-electron chi connectivity index (χ4n) is 2.57. The molecule has 11 heteroatoms. The quantitative estimate of drug-likeness (QED) is 0.535. The molecule has 176 valence electrons. The molecule has 0 spiro atoms. The second-order valence-electron chi connectivity index (χ2n) is 7.50. The van der Waals surface area contributed by atoms with Gasteiger partial charge in [0.1, 0.15) is 5.75 Å². The molecule has 0 saturated heterocycles. The van der Waals surface area contributed by atoms with Gasteiger partial charge in [-0.15, -0.1) is 0 Å². The van der Waals surface area contributed by atoms with Crippen LogP contribution in [-0.2, 0) is 24.8 Å². The van der Waals surface area contributed by atoms with Gasteiger partial charge in [0.25, 0.3) is 5.91 Å². The standard InChI is InChI=1S/C21H29N3O6S2/c1-6-16(3)23-31(26,27)18-11-8-17(9-12-18)30-14-21(25)22-20-13-19(10-7-15(20)2)32(28,29)24(4)5/h7-13,16,23H,6,14H2,1-5H3,(H,22,25). The van der Waals surface area contributed by atoms with Crippen LogP contribution in [0, 0.1) is 6.92 Å². The molecule has 2 N–H and O–H groups in total. The summed E-state index contributed by atoms with van der Waals surface area (Å²) in [6.07, 6.45) is 0.666. The van der Waals surface area contributed by atoms with E-state index in [1.54, 1.807) is 19.9 Å². The summed E-state index contributed by atoms with van der Waals surface area (Å²) in [6.45, 7) is 5.07. The van der Waals surface area contributed by atoms with E-state index in [2.05, 4.69) is 10.0 Å². The van der Waals surface area contributed by atoms with Gasteiger partial charge in [-0.1, -0.05) is 13.0 Å². The van der Waals surface area contributed by atoms with Crippen LogP contribution in [0.1, 0.15) is 25.8 Å². The molecule has 0 fully saturated rings. The topological polar surface area (TPSA) is 122 Å². The maximum Gasteiger partial charge on any atom is 0.262 e. The van der Waals surface area contributed by atoms with Crippen LogP contribution in [0.25, 0.3) is 0 Å². The highest BCUT2D eigenvalue weighted by Crippen LogP contribution is 2.22. The third-order valence-electron chi connectivity index (χ3n) is 4.73. The van der Waals surface area contributed by atoms with Crippen molar-refractivity contribution >= 4 is 31.6 Å². The lowest BCUT2D eigenvalue weighted by molar-refractivity contribution is -0.118. The second kappa shape index (κ2) is 10.4. The van der Waals surface area contributed by atoms with Gasteiger partial charge in [0.15, 0.2) is 6.61 Å². The molecule has 0 bridgehead atoms. The van der Waals surface area contributed by atoms with E-state index in [9.17, 15) is 21.6 Å². The number of anilines is 1. The lowest BCUT2D eigenvalue weighted by Crippen LogP contribution is -2.31. The van der Waals surface area contributed by atoms with Crippen LogP contribution in [0.15, 0.2) is 52.3 Å². The molecule has 2 rings (SSSR count). The summed E-state index contributed by atoms with van der Waals surface area (Å²) in [4.78, 5) is 12.5. The number of amides is 1. The van der Waals surface area contributed by atoms with Crippen LogP contribution in [0.4, 0.5) is 5.69 Å². The minimum Gasteiger partial charge on any atom is -0.484 e. The first-order valence-corrected chi connectivity index (χ1v) is 12.9. The van der Waals surface area contributed by atoms with Gasteiger partial charge in [0, 0.05) is 25.8 Å². The predicted molar refractivity (Wildman–Crippen MR) is 123 cm³/mol. The highest BCUT2D eigenvalue weighted by atomic mass is 32.2. The Hall–Kier alpha value is -2.47. The van der Waals surface area contributed by atoms with Gasteiger partial charge in [0.05, 0.1) is 9.79 Å². The Balaban J connectivity index is 2.03. The summed E-state index contributed by atoms with van der Waals surface area (Å²) in [6, 6.07) is 10.0. The maximum atomic E-state index is 12.3. The molecule has 32 heavy (non-hydrogen) atoms. The average Bonchev–Trinajstić information content (AvgIpc) is 2.73. The van der Waals surface area contributed by atoms with Gasteiger partial charge >= 0.3 is 0 Å². The highest BCUT2D eigenvalue weighted by Gasteiger charge is 2.19. The molecular weight excluding hydrogens is 454 g/mol. The summed E-state index contributed by atoms with van der Waals surface area (Å²) in [5, 5.41) is 2.64. The number of nitrogens with one attached hydrogen (secondary N) is 2. The molecule has 2 aromatic rings. The third-order valence-corrected chi connectivity index (χ3v) is 8.15. The Morgan fingerprint density at radius 1 is 1.03 bits per heavy atom. The zero-order valence-corrected chi connectivity index (χ0v) is 20.4. The van der Waals surface area contributed by atoms with Crippen LogP contribution >= 0.6 is 0 Å². The molecule has 9 nitrogen and oxygen atoms in total. The average molecular weight is 484 g/mol. The van der Waals surface area contributed by atoms with Gasteiger partial charge in [-0.2, -0.15) is 0 Å². The number of benzene rings is 2. The Morgan fingerprint density at radius 2 is 1.62 bits per heavy atom. The first-order chi connectivity index (χ1) is 14.9. The first-order valence-electron chi connectivity index (χ1n) is 9.95. The van der Waals surface area contributed by atoms with E-state index in [0.717, 1.165) is 4.31 Å². The largest absolute Gasteiger partial charge is 0.484 e. The number of rotatable bonds is 10. The zero-order chi connectivity index (χ0) is 24.1. The van der Waals surface area contributed by atoms with E-state index in [1.807, 2.05) is 6.92 Å². The van der Waals surface area contributed by atoms with Crippen LogP contribution < -0.4 is 14.8 Å². The Morgan fingerprint density at radius 3 is 2.19 bits per heavy atom. The fourth-order valence-corrected chi connectivity index (χ4v) is 4.83. The smallest absolute Gasteiger partial charge is 0.262 e. The molecule has 2 aromatic carbocycles. The maximum absolute atomic E-state index is 12.3. The summed E-state index contributed by atoms with van der Waals surface area (Å²) in [5.74, 6) is -0.161. The van der Waals surface area contributed by atoms with Crippen molar-refractivity contribution in [1.29, 1.82) is 0 Å². The number of hydrogen-bond donors (Lipinski definition) is 2. The zero-order valence-electron chi connectivity index (χ0n) is 18.7. The van der Waals surface area contributed by atoms with Gasteiger partial charge < -0.3 is 10.1 Å². The van der Waals surface area contributed by atoms with Crippen molar-refractivity contribution in [2.24, 2.45) is 0 Å². The molecule has 0 heterocycles. The Kier molecular flexibility index (Phi) is 8.41. The second-order valence-corrected chi connectivity index (χ2v) is 11.4. The van der Waals surface area contributed by atoms with Gasteiger partial charge in [-0.05, 0) is 62.2 Å². The van der Waals surface area contributed by atoms with Crippen LogP contribution in [-0.4, -0.2) is 53.8 Å². The summed E-state index contributed by atoms with van der Waals surface area (Å²) in [5.41, 5.74) is 1.05. The minimum absolute atomic E-state index is 0.0621. The highest BCUT2D eigenvalue weighted by molar-refractivity contribution is 7.89. The minimum atomic E-state index is -3.64. The van der Waals surface area contributed by atoms with Crippen LogP contribution in [0.2, 0.25) is 0 Å². The van der Waals surface area contributed by atoms with Crippen molar-refractivity contribution in [3.8, 4) is 5.75 Å². The Bertz CT molecular complexity index is 1160. The van der Waals surface area contributed by atoms with Gasteiger partial charge in [-0.25, -0.2) is 25.9 Å². The predicted octanol–water partition coefficient (Wildman–Crippen LogP) is 2.34. The SMILES string of the molecule is CCC(C)NS(=O)(=O)c1ccc(OCC(=O)Nc2cc(S(=O)(=O)N(C)C)ccc2C)cc1. The number of aryl methyl sites for hydroxylation is 1. The van der Waals surface area contributed by atoms with E-state index in [0.29, 0.717) is 23.4 Å². The van der Waals surface area contributed by atoms with Crippen molar-refractivity contribution in [3.63, 3.8) is 0 Å². The van der Waals surface area contributed by atoms with Crippen molar-refractivity contribution in [2.75, 3.05) is 26.0 Å². The van der Waals surface area contributed by atoms with E-state index in [-0.39, 0.29) is 22.4 Å². The van der Waals surface area contributed by atoms with Crippen molar-refractivity contribution in [1.82, 2.24) is 9.03 Å². The summed E-state index contributed by atoms with van der Waals surface area (Å²) < 4.78 is 58.3. The number of carbonyl (C=O) groups excluding carboxylic acids is 1. The molecule has 1 atom stereocenters. The van der Waals surface area contributed by atoms with Crippen LogP contribution in [0.5, 0.6) is 5.75 Å².